The van der Waals surface area contributed by atoms with Crippen molar-refractivity contribution in [2.45, 2.75) is 43.8 Å². The Labute approximate surface area is 162 Å². The molecular weight excluding hydrogens is 356 g/mol. The molecule has 4 rings (SSSR count). The first-order chi connectivity index (χ1) is 13.0. The van der Waals surface area contributed by atoms with Gasteiger partial charge < -0.3 is 0 Å². The fourth-order valence-corrected chi connectivity index (χ4v) is 4.11. The predicted octanol–water partition coefficient (Wildman–Crippen LogP) is 4.83. The van der Waals surface area contributed by atoms with Gasteiger partial charge in [0.15, 0.2) is 10.9 Å². The van der Waals surface area contributed by atoms with E-state index in [0.29, 0.717) is 27.5 Å². The molecular formula is C22H22N2O2S. The summed E-state index contributed by atoms with van der Waals surface area (Å²) in [6, 6.07) is 15.4. The van der Waals surface area contributed by atoms with Crippen LogP contribution in [0.1, 0.15) is 54.6 Å². The van der Waals surface area contributed by atoms with Gasteiger partial charge in [-0.3, -0.25) is 14.2 Å². The Balaban J connectivity index is 1.59. The number of thioether (sulfide) groups is 1. The highest BCUT2D eigenvalue weighted by Crippen LogP contribution is 2.37. The van der Waals surface area contributed by atoms with Gasteiger partial charge in [0.2, 0.25) is 0 Å². The lowest BCUT2D eigenvalue weighted by atomic mass is 10.0. The van der Waals surface area contributed by atoms with Gasteiger partial charge in [0, 0.05) is 11.6 Å². The fourth-order valence-electron chi connectivity index (χ4n) is 3.15. The minimum Gasteiger partial charge on any atom is -0.293 e. The number of para-hydroxylation sites is 1. The average Bonchev–Trinajstić information content (AvgIpc) is 3.51. The van der Waals surface area contributed by atoms with Gasteiger partial charge >= 0.3 is 0 Å². The van der Waals surface area contributed by atoms with E-state index in [1.54, 1.807) is 4.57 Å². The molecule has 1 aromatic heterocycles. The van der Waals surface area contributed by atoms with Crippen molar-refractivity contribution in [1.29, 1.82) is 0 Å². The van der Waals surface area contributed by atoms with Gasteiger partial charge in [0.1, 0.15) is 0 Å². The molecule has 4 nitrogen and oxygen atoms in total. The number of nitrogens with zero attached hydrogens (tertiary/aromatic N) is 2. The van der Waals surface area contributed by atoms with Gasteiger partial charge in [-0.05, 0) is 36.5 Å². The SMILES string of the molecule is CC(C)c1ccc(C(=O)CSc2nc3ccccc3c(=O)n2C2CC2)cc1. The highest BCUT2D eigenvalue weighted by molar-refractivity contribution is 7.99. The van der Waals surface area contributed by atoms with E-state index in [0.717, 1.165) is 12.8 Å². The summed E-state index contributed by atoms with van der Waals surface area (Å²) in [4.78, 5) is 30.2. The van der Waals surface area contributed by atoms with Crippen LogP contribution in [0.15, 0.2) is 58.5 Å². The van der Waals surface area contributed by atoms with Crippen molar-refractivity contribution in [3.8, 4) is 0 Å². The molecule has 1 fully saturated rings. The van der Waals surface area contributed by atoms with Gasteiger partial charge in [-0.15, -0.1) is 0 Å². The fraction of sp³-hybridized carbons (Fsp3) is 0.318. The van der Waals surface area contributed by atoms with Crippen molar-refractivity contribution >= 4 is 28.4 Å². The maximum Gasteiger partial charge on any atom is 0.262 e. The minimum absolute atomic E-state index is 0.000615. The summed E-state index contributed by atoms with van der Waals surface area (Å²) in [5.41, 5.74) is 2.61. The quantitative estimate of drug-likeness (QED) is 0.350. The van der Waals surface area contributed by atoms with E-state index >= 15 is 0 Å². The van der Waals surface area contributed by atoms with Crippen molar-refractivity contribution in [3.63, 3.8) is 0 Å². The number of aromatic nitrogens is 2. The second-order valence-corrected chi connectivity index (χ2v) is 8.25. The Morgan fingerprint density at radius 3 is 2.52 bits per heavy atom. The van der Waals surface area contributed by atoms with Crippen molar-refractivity contribution in [2.75, 3.05) is 5.75 Å². The zero-order valence-corrected chi connectivity index (χ0v) is 16.3. The zero-order valence-electron chi connectivity index (χ0n) is 15.5. The molecule has 0 bridgehead atoms. The van der Waals surface area contributed by atoms with Crippen LogP contribution in [0.4, 0.5) is 0 Å². The van der Waals surface area contributed by atoms with E-state index in [2.05, 4.69) is 18.8 Å². The molecule has 0 unspecified atom stereocenters. The van der Waals surface area contributed by atoms with Crippen LogP contribution in [0.5, 0.6) is 0 Å². The first kappa shape index (κ1) is 18.0. The van der Waals surface area contributed by atoms with Crippen LogP contribution in [0.25, 0.3) is 10.9 Å². The molecule has 0 aliphatic heterocycles. The lowest BCUT2D eigenvalue weighted by molar-refractivity contribution is 0.102. The Morgan fingerprint density at radius 1 is 1.15 bits per heavy atom. The molecule has 27 heavy (non-hydrogen) atoms. The minimum atomic E-state index is -0.000615. The number of ketones is 1. The summed E-state index contributed by atoms with van der Waals surface area (Å²) in [6.07, 6.45) is 2.00. The third-order valence-corrected chi connectivity index (χ3v) is 5.87. The van der Waals surface area contributed by atoms with Crippen LogP contribution < -0.4 is 5.56 Å². The number of benzene rings is 2. The summed E-state index contributed by atoms with van der Waals surface area (Å²) in [7, 11) is 0. The van der Waals surface area contributed by atoms with E-state index in [-0.39, 0.29) is 23.1 Å². The number of carbonyl (C=O) groups is 1. The number of hydrogen-bond donors (Lipinski definition) is 0. The van der Waals surface area contributed by atoms with Gasteiger partial charge in [-0.1, -0.05) is 62.0 Å². The third-order valence-electron chi connectivity index (χ3n) is 4.92. The second kappa shape index (κ2) is 7.31. The maximum atomic E-state index is 12.9. The van der Waals surface area contributed by atoms with Gasteiger partial charge in [-0.25, -0.2) is 4.98 Å². The first-order valence-corrected chi connectivity index (χ1v) is 10.3. The molecule has 138 valence electrons. The third kappa shape index (κ3) is 3.69. The normalized spacial score (nSPS) is 14.0. The molecule has 3 aromatic rings. The van der Waals surface area contributed by atoms with E-state index in [4.69, 9.17) is 0 Å². The average molecular weight is 378 g/mol. The van der Waals surface area contributed by atoms with Crippen LogP contribution in [0.3, 0.4) is 0 Å². The number of rotatable bonds is 6. The van der Waals surface area contributed by atoms with Crippen LogP contribution in [-0.2, 0) is 0 Å². The Bertz CT molecular complexity index is 1050. The Kier molecular flexibility index (Phi) is 4.87. The lowest BCUT2D eigenvalue weighted by Crippen LogP contribution is -2.22. The molecule has 0 amide bonds. The van der Waals surface area contributed by atoms with Crippen molar-refractivity contribution in [2.24, 2.45) is 0 Å². The smallest absolute Gasteiger partial charge is 0.262 e. The molecule has 0 radical (unpaired) electrons. The van der Waals surface area contributed by atoms with E-state index in [1.807, 2.05) is 48.5 Å². The molecule has 1 aliphatic rings. The molecule has 1 aliphatic carbocycles. The summed E-state index contributed by atoms with van der Waals surface area (Å²) >= 11 is 1.36. The summed E-state index contributed by atoms with van der Waals surface area (Å²) < 4.78 is 1.78. The lowest BCUT2D eigenvalue weighted by Gasteiger charge is -2.12. The highest BCUT2D eigenvalue weighted by atomic mass is 32.2. The van der Waals surface area contributed by atoms with E-state index in [9.17, 15) is 9.59 Å². The molecule has 2 aromatic carbocycles. The van der Waals surface area contributed by atoms with E-state index in [1.165, 1.54) is 17.3 Å². The highest BCUT2D eigenvalue weighted by Gasteiger charge is 2.28. The molecule has 0 saturated heterocycles. The molecule has 0 N–H and O–H groups in total. The number of fused-ring (bicyclic) bond motifs is 1. The Hall–Kier alpha value is -2.40. The molecule has 0 spiro atoms. The van der Waals surface area contributed by atoms with Crippen LogP contribution in [0.2, 0.25) is 0 Å². The number of Topliss-reactive ketones (excluding diaryl/α,β-unsaturated/α-hetero) is 1. The van der Waals surface area contributed by atoms with Gasteiger partial charge in [-0.2, -0.15) is 0 Å². The van der Waals surface area contributed by atoms with Gasteiger partial charge in [0.05, 0.1) is 16.7 Å². The predicted molar refractivity (Wildman–Crippen MR) is 110 cm³/mol. The summed E-state index contributed by atoms with van der Waals surface area (Å²) in [6.45, 7) is 4.27. The van der Waals surface area contributed by atoms with Crippen molar-refractivity contribution < 1.29 is 4.79 Å². The molecule has 1 heterocycles. The zero-order chi connectivity index (χ0) is 19.0. The van der Waals surface area contributed by atoms with Crippen molar-refractivity contribution in [1.82, 2.24) is 9.55 Å². The van der Waals surface area contributed by atoms with Crippen LogP contribution in [0, 0.1) is 0 Å². The topological polar surface area (TPSA) is 52.0 Å². The molecule has 5 heteroatoms. The molecule has 1 saturated carbocycles. The summed E-state index contributed by atoms with van der Waals surface area (Å²) in [5.74, 6) is 0.775. The monoisotopic (exact) mass is 378 g/mol. The number of carbonyl (C=O) groups excluding carboxylic acids is 1. The molecule has 0 atom stereocenters. The van der Waals surface area contributed by atoms with Crippen LogP contribution >= 0.6 is 11.8 Å². The van der Waals surface area contributed by atoms with Gasteiger partial charge in [0.25, 0.3) is 5.56 Å². The number of hydrogen-bond acceptors (Lipinski definition) is 4. The van der Waals surface area contributed by atoms with E-state index < -0.39 is 0 Å². The Morgan fingerprint density at radius 2 is 1.85 bits per heavy atom. The largest absolute Gasteiger partial charge is 0.293 e. The maximum absolute atomic E-state index is 12.9. The van der Waals surface area contributed by atoms with Crippen molar-refractivity contribution in [3.05, 3.63) is 70.0 Å². The second-order valence-electron chi connectivity index (χ2n) is 7.31. The van der Waals surface area contributed by atoms with Crippen LogP contribution in [-0.4, -0.2) is 21.1 Å². The first-order valence-electron chi connectivity index (χ1n) is 9.32. The standard InChI is InChI=1S/C22H22N2O2S/c1-14(2)15-7-9-16(10-8-15)20(25)13-27-22-23-19-6-4-3-5-18(19)21(26)24(22)17-11-12-17/h3-10,14,17H,11-13H2,1-2H3. The summed E-state index contributed by atoms with van der Waals surface area (Å²) in [5, 5.41) is 1.29.